The Kier molecular flexibility index (Phi) is 15.7. The summed E-state index contributed by atoms with van der Waals surface area (Å²) in [5.41, 5.74) is 2.15. The number of fused-ring (bicyclic) bond motifs is 4. The van der Waals surface area contributed by atoms with Gasteiger partial charge in [0, 0.05) is 0 Å². The van der Waals surface area contributed by atoms with Crippen LogP contribution in [0, 0.1) is 63.1 Å². The van der Waals surface area contributed by atoms with Crippen molar-refractivity contribution in [1.82, 2.24) is 0 Å². The van der Waals surface area contributed by atoms with Gasteiger partial charge in [-0.2, -0.15) is 0 Å². The van der Waals surface area contributed by atoms with Crippen LogP contribution in [0.1, 0.15) is 101 Å². The maximum absolute atomic E-state index is 2.54. The molecular weight excluding hydrogens is 1100 g/mol. The molecule has 7 heteroatoms. The minimum absolute atomic E-state index is 0.278. The molecule has 7 atom stereocenters. The molecule has 0 amide bonds. The molecule has 0 saturated heterocycles. The van der Waals surface area contributed by atoms with Gasteiger partial charge in [0.15, 0.2) is 0 Å². The van der Waals surface area contributed by atoms with Crippen LogP contribution in [0.25, 0.3) is 0 Å². The Hall–Kier alpha value is 4.30. The van der Waals surface area contributed by atoms with E-state index in [9.17, 15) is 0 Å². The molecule has 3 saturated carbocycles. The first-order valence-corrected chi connectivity index (χ1v) is 36.5. The summed E-state index contributed by atoms with van der Waals surface area (Å²) in [6, 6.07) is 0. The van der Waals surface area contributed by atoms with Crippen molar-refractivity contribution in [2.45, 2.75) is 101 Å². The van der Waals surface area contributed by atoms with E-state index in [0.29, 0.717) is 31.1 Å². The second-order valence-electron chi connectivity index (χ2n) is 15.1. The Bertz CT molecular complexity index is 764. The molecule has 0 aromatic rings. The standard InChI is InChI=1S/C18H30.C12H20.5HI.2V/c1-12-8-16(18(4,5)11-17(12,2)3)15-10-13-6-7-14(15)9-13;1-11(2)8-12(3,4)10-6-5-9(11)7-10;;;;;;;/h6-7,12-16H,8-11H2,1-5H3;5-6,9-10H,7-8H2,1-4H3;5*1H;;/q;;;;;;;+2;+3/p-5. The van der Waals surface area contributed by atoms with Crippen LogP contribution in [0.15, 0.2) is 24.3 Å². The summed E-state index contributed by atoms with van der Waals surface area (Å²) in [4.78, 5) is -0.278. The van der Waals surface area contributed by atoms with Crippen molar-refractivity contribution in [2.75, 3.05) is 0 Å². The molecule has 5 aliphatic rings. The van der Waals surface area contributed by atoms with Crippen LogP contribution in [0.5, 0.6) is 0 Å². The first-order chi connectivity index (χ1) is 16.9. The first-order valence-electron chi connectivity index (χ1n) is 13.9. The Morgan fingerprint density at radius 3 is 1.51 bits per heavy atom. The number of rotatable bonds is 1. The maximum atomic E-state index is 2.54. The van der Waals surface area contributed by atoms with Gasteiger partial charge in [0.2, 0.25) is 0 Å². The van der Waals surface area contributed by atoms with Crippen LogP contribution in [-0.2, 0) is 14.4 Å². The third kappa shape index (κ3) is 10.7. The van der Waals surface area contributed by atoms with Crippen LogP contribution in [0.3, 0.4) is 0 Å². The zero-order valence-corrected chi connectivity index (χ0v) is 38.0. The molecule has 5 aliphatic carbocycles. The van der Waals surface area contributed by atoms with Crippen LogP contribution in [0.2, 0.25) is 0 Å². The Morgan fingerprint density at radius 1 is 0.649 bits per heavy atom. The SMILES string of the molecule is CC1(C)CC(C)(C)C2C=CC1C2.CC1CC(C2CC3C=CC2C3)C(C)(C)CC1(C)C.[I][V]([I])[I].[I][V][I]. The fraction of sp³-hybridized carbons (Fsp3) is 0.867. The molecule has 0 N–H and O–H groups in total. The first kappa shape index (κ1) is 37.5. The molecule has 4 bridgehead atoms. The molecule has 3 fully saturated rings. The van der Waals surface area contributed by atoms with Gasteiger partial charge in [0.25, 0.3) is 0 Å². The monoisotopic (exact) mass is 1150 g/mol. The zero-order valence-electron chi connectivity index (χ0n) is 24.4. The van der Waals surface area contributed by atoms with Crippen molar-refractivity contribution >= 4 is 99.9 Å². The van der Waals surface area contributed by atoms with Gasteiger partial charge in [0.05, 0.1) is 0 Å². The molecule has 0 spiro atoms. The minimum atomic E-state index is -0.278. The molecule has 215 valence electrons. The van der Waals surface area contributed by atoms with Crippen LogP contribution in [-0.4, -0.2) is 0 Å². The van der Waals surface area contributed by atoms with Crippen molar-refractivity contribution in [3.05, 3.63) is 24.3 Å². The summed E-state index contributed by atoms with van der Waals surface area (Å²) >= 11 is 12.1. The number of halogens is 5. The van der Waals surface area contributed by atoms with E-state index >= 15 is 0 Å². The van der Waals surface area contributed by atoms with Gasteiger partial charge < -0.3 is 0 Å². The average Bonchev–Trinajstić information content (AvgIpc) is 3.45. The van der Waals surface area contributed by atoms with Gasteiger partial charge in [-0.3, -0.25) is 0 Å². The summed E-state index contributed by atoms with van der Waals surface area (Å²) in [6.45, 7) is 22.2. The number of hydrogen-bond acceptors (Lipinski definition) is 0. The summed E-state index contributed by atoms with van der Waals surface area (Å²) < 4.78 is 0. The van der Waals surface area contributed by atoms with Gasteiger partial charge in [-0.1, -0.05) is 86.6 Å². The van der Waals surface area contributed by atoms with Crippen LogP contribution < -0.4 is 0 Å². The summed E-state index contributed by atoms with van der Waals surface area (Å²) in [6.07, 6.45) is 18.5. The van der Waals surface area contributed by atoms with Gasteiger partial charge >= 0.3 is 114 Å². The Morgan fingerprint density at radius 2 is 1.11 bits per heavy atom. The van der Waals surface area contributed by atoms with Gasteiger partial charge in [-0.15, -0.1) is 0 Å². The predicted molar refractivity (Wildman–Crippen MR) is 201 cm³/mol. The molecule has 0 aromatic heterocycles. The molecule has 37 heavy (non-hydrogen) atoms. The van der Waals surface area contributed by atoms with E-state index in [1.54, 1.807) is 0 Å². The van der Waals surface area contributed by atoms with E-state index in [1.807, 2.05) is 0 Å². The van der Waals surface area contributed by atoms with Crippen molar-refractivity contribution in [2.24, 2.45) is 63.1 Å². The topological polar surface area (TPSA) is 0 Å². The second-order valence-corrected chi connectivity index (χ2v) is 62.2. The fourth-order valence-electron chi connectivity index (χ4n) is 8.83. The van der Waals surface area contributed by atoms with Gasteiger partial charge in [-0.05, 0) is 102 Å². The molecule has 5 rings (SSSR count). The summed E-state index contributed by atoms with van der Waals surface area (Å²) in [5, 5.41) is 0. The van der Waals surface area contributed by atoms with Crippen molar-refractivity contribution in [3.63, 3.8) is 0 Å². The second kappa shape index (κ2) is 15.5. The fourth-order valence-corrected chi connectivity index (χ4v) is 8.83. The molecule has 0 radical (unpaired) electrons. The molecule has 0 nitrogen and oxygen atoms in total. The average molecular weight is 1150 g/mol. The van der Waals surface area contributed by atoms with E-state index in [1.165, 1.54) is 38.5 Å². The Labute approximate surface area is 297 Å². The molecule has 0 aromatic carbocycles. The molecule has 0 heterocycles. The van der Waals surface area contributed by atoms with E-state index in [-0.39, 0.29) is 4.92 Å². The summed E-state index contributed by atoms with van der Waals surface area (Å²) in [7, 11) is 0.628. The van der Waals surface area contributed by atoms with Gasteiger partial charge in [0.1, 0.15) is 0 Å². The number of hydrogen-bond donors (Lipinski definition) is 0. The van der Waals surface area contributed by atoms with E-state index in [4.69, 9.17) is 0 Å². The van der Waals surface area contributed by atoms with Crippen molar-refractivity contribution in [3.8, 4) is 0 Å². The van der Waals surface area contributed by atoms with Crippen LogP contribution in [0.4, 0.5) is 0 Å². The van der Waals surface area contributed by atoms with E-state index in [0.717, 1.165) is 41.4 Å². The third-order valence-corrected chi connectivity index (χ3v) is 10.7. The molecule has 7 unspecified atom stereocenters. The van der Waals surface area contributed by atoms with Crippen molar-refractivity contribution in [1.29, 1.82) is 0 Å². The predicted octanol–water partition coefficient (Wildman–Crippen LogP) is 13.4. The normalized spacial score (nSPS) is 38.5. The zero-order chi connectivity index (χ0) is 28.4. The third-order valence-electron chi connectivity index (χ3n) is 10.7. The molecular formula is C30H50I5V2. The van der Waals surface area contributed by atoms with Crippen LogP contribution >= 0.6 is 99.9 Å². The quantitative estimate of drug-likeness (QED) is 0.181. The Balaban J connectivity index is 0.000000218. The molecule has 0 aliphatic heterocycles. The summed E-state index contributed by atoms with van der Waals surface area (Å²) in [5.74, 6) is 6.41. The van der Waals surface area contributed by atoms with Gasteiger partial charge in [-0.25, -0.2) is 0 Å². The number of allylic oxidation sites excluding steroid dienone is 4. The van der Waals surface area contributed by atoms with E-state index in [2.05, 4.69) is 187 Å². The van der Waals surface area contributed by atoms with E-state index < -0.39 is 0 Å². The van der Waals surface area contributed by atoms with Crippen molar-refractivity contribution < 1.29 is 14.4 Å².